The van der Waals surface area contributed by atoms with Crippen LogP contribution in [0.15, 0.2) is 48.8 Å². The number of anilines is 1. The Bertz CT molecular complexity index is 857. The van der Waals surface area contributed by atoms with E-state index in [1.807, 2.05) is 18.3 Å². The Morgan fingerprint density at radius 3 is 2.88 bits per heavy atom. The minimum Gasteiger partial charge on any atom is -0.344 e. The van der Waals surface area contributed by atoms with Crippen molar-refractivity contribution in [1.29, 1.82) is 0 Å². The molecule has 0 radical (unpaired) electrons. The monoisotopic (exact) mass is 333 g/mol. The third kappa shape index (κ3) is 2.28. The summed E-state index contributed by atoms with van der Waals surface area (Å²) in [6.45, 7) is 7.27. The molecule has 1 aromatic carbocycles. The molecule has 0 saturated carbocycles. The Labute approximate surface area is 148 Å². The molecule has 0 unspecified atom stereocenters. The first-order valence-electron chi connectivity index (χ1n) is 8.73. The van der Waals surface area contributed by atoms with Crippen LogP contribution in [0.4, 0.5) is 5.69 Å². The lowest BCUT2D eigenvalue weighted by atomic mass is 9.74. The van der Waals surface area contributed by atoms with Gasteiger partial charge >= 0.3 is 0 Å². The van der Waals surface area contributed by atoms with E-state index >= 15 is 0 Å². The summed E-state index contributed by atoms with van der Waals surface area (Å²) in [6.07, 6.45) is 8.32. The molecule has 4 heteroatoms. The van der Waals surface area contributed by atoms with Gasteiger partial charge in [0.05, 0.1) is 0 Å². The SMILES string of the molecule is Cc1ccc2c(c1)C(C)(C)[C@@]1(/C=C/c3cccnc3)NC(=O)CCN21. The summed E-state index contributed by atoms with van der Waals surface area (Å²) in [5.74, 6) is 0.102. The Morgan fingerprint density at radius 2 is 2.12 bits per heavy atom. The van der Waals surface area contributed by atoms with Crippen LogP contribution in [0, 0.1) is 6.92 Å². The van der Waals surface area contributed by atoms with E-state index in [0.29, 0.717) is 6.42 Å². The number of aryl methyl sites for hydroxylation is 1. The van der Waals surface area contributed by atoms with Gasteiger partial charge in [0, 0.05) is 36.5 Å². The van der Waals surface area contributed by atoms with Crippen molar-refractivity contribution in [3.05, 3.63) is 65.5 Å². The second-order valence-corrected chi connectivity index (χ2v) is 7.48. The third-order valence-corrected chi connectivity index (χ3v) is 5.59. The van der Waals surface area contributed by atoms with E-state index in [4.69, 9.17) is 0 Å². The van der Waals surface area contributed by atoms with E-state index in [1.54, 1.807) is 6.20 Å². The van der Waals surface area contributed by atoms with Crippen LogP contribution in [0.3, 0.4) is 0 Å². The largest absolute Gasteiger partial charge is 0.344 e. The molecule has 0 aliphatic carbocycles. The zero-order chi connectivity index (χ0) is 17.7. The molecule has 2 aliphatic rings. The van der Waals surface area contributed by atoms with Crippen molar-refractivity contribution in [3.8, 4) is 0 Å². The van der Waals surface area contributed by atoms with Gasteiger partial charge in [-0.05, 0) is 36.3 Å². The van der Waals surface area contributed by atoms with Gasteiger partial charge < -0.3 is 10.2 Å². The van der Waals surface area contributed by atoms with Crippen molar-refractivity contribution < 1.29 is 4.79 Å². The molecule has 1 fully saturated rings. The average molecular weight is 333 g/mol. The maximum absolute atomic E-state index is 12.3. The number of rotatable bonds is 2. The van der Waals surface area contributed by atoms with Crippen LogP contribution in [0.5, 0.6) is 0 Å². The molecule has 1 aromatic heterocycles. The molecular formula is C21H23N3O. The minimum atomic E-state index is -0.561. The second kappa shape index (κ2) is 5.45. The zero-order valence-electron chi connectivity index (χ0n) is 14.9. The number of hydrogen-bond acceptors (Lipinski definition) is 3. The highest BCUT2D eigenvalue weighted by Crippen LogP contribution is 2.52. The summed E-state index contributed by atoms with van der Waals surface area (Å²) in [5, 5.41) is 3.30. The van der Waals surface area contributed by atoms with Crippen molar-refractivity contribution >= 4 is 17.7 Å². The summed E-state index contributed by atoms with van der Waals surface area (Å²) in [7, 11) is 0. The molecule has 2 aliphatic heterocycles. The molecule has 4 rings (SSSR count). The molecule has 128 valence electrons. The first-order valence-corrected chi connectivity index (χ1v) is 8.73. The summed E-state index contributed by atoms with van der Waals surface area (Å²) in [6, 6.07) is 10.5. The number of nitrogens with zero attached hydrogens (tertiary/aromatic N) is 2. The first kappa shape index (κ1) is 15.9. The smallest absolute Gasteiger partial charge is 0.223 e. The van der Waals surface area contributed by atoms with E-state index in [9.17, 15) is 4.79 Å². The fraction of sp³-hybridized carbons (Fsp3) is 0.333. The van der Waals surface area contributed by atoms with Gasteiger partial charge in [-0.25, -0.2) is 0 Å². The van der Waals surface area contributed by atoms with Crippen molar-refractivity contribution in [2.24, 2.45) is 0 Å². The molecule has 1 N–H and O–H groups in total. The molecule has 1 saturated heterocycles. The maximum Gasteiger partial charge on any atom is 0.223 e. The predicted molar refractivity (Wildman–Crippen MR) is 100 cm³/mol. The molecule has 3 heterocycles. The Kier molecular flexibility index (Phi) is 3.46. The highest BCUT2D eigenvalue weighted by molar-refractivity contribution is 5.84. The molecule has 2 aromatic rings. The van der Waals surface area contributed by atoms with Gasteiger partial charge in [0.1, 0.15) is 5.66 Å². The molecule has 1 atom stereocenters. The Balaban J connectivity index is 1.87. The number of aromatic nitrogens is 1. The minimum absolute atomic E-state index is 0.102. The fourth-order valence-corrected chi connectivity index (χ4v) is 4.16. The highest BCUT2D eigenvalue weighted by atomic mass is 16.2. The lowest BCUT2D eigenvalue weighted by Gasteiger charge is -2.49. The lowest BCUT2D eigenvalue weighted by molar-refractivity contribution is -0.124. The molecule has 0 bridgehead atoms. The van der Waals surface area contributed by atoms with E-state index in [-0.39, 0.29) is 11.3 Å². The van der Waals surface area contributed by atoms with E-state index in [2.05, 4.69) is 66.3 Å². The number of nitrogens with one attached hydrogen (secondary N) is 1. The van der Waals surface area contributed by atoms with E-state index in [1.165, 1.54) is 16.8 Å². The van der Waals surface area contributed by atoms with E-state index in [0.717, 1.165) is 12.1 Å². The van der Waals surface area contributed by atoms with Crippen LogP contribution in [0.1, 0.15) is 37.0 Å². The predicted octanol–water partition coefficient (Wildman–Crippen LogP) is 3.42. The number of carbonyl (C=O) groups is 1. The second-order valence-electron chi connectivity index (χ2n) is 7.48. The summed E-state index contributed by atoms with van der Waals surface area (Å²) >= 11 is 0. The topological polar surface area (TPSA) is 45.2 Å². The van der Waals surface area contributed by atoms with Crippen LogP contribution in [-0.4, -0.2) is 23.1 Å². The van der Waals surface area contributed by atoms with Crippen molar-refractivity contribution in [2.45, 2.75) is 38.3 Å². The normalized spacial score (nSPS) is 24.1. The number of amides is 1. The van der Waals surface area contributed by atoms with Gasteiger partial charge in [-0.2, -0.15) is 0 Å². The van der Waals surface area contributed by atoms with Gasteiger partial charge in [0.25, 0.3) is 0 Å². The number of benzene rings is 1. The van der Waals surface area contributed by atoms with Crippen LogP contribution < -0.4 is 10.2 Å². The molecule has 4 nitrogen and oxygen atoms in total. The van der Waals surface area contributed by atoms with Crippen molar-refractivity contribution in [1.82, 2.24) is 10.3 Å². The van der Waals surface area contributed by atoms with Crippen LogP contribution >= 0.6 is 0 Å². The van der Waals surface area contributed by atoms with Crippen LogP contribution in [-0.2, 0) is 10.2 Å². The van der Waals surface area contributed by atoms with Gasteiger partial charge in [0.15, 0.2) is 0 Å². The van der Waals surface area contributed by atoms with Gasteiger partial charge in [-0.3, -0.25) is 9.78 Å². The molecule has 25 heavy (non-hydrogen) atoms. The Morgan fingerprint density at radius 1 is 1.28 bits per heavy atom. The third-order valence-electron chi connectivity index (χ3n) is 5.59. The van der Waals surface area contributed by atoms with Crippen molar-refractivity contribution in [3.63, 3.8) is 0 Å². The number of fused-ring (bicyclic) bond motifs is 3. The average Bonchev–Trinajstić information content (AvgIpc) is 2.78. The van der Waals surface area contributed by atoms with E-state index < -0.39 is 5.66 Å². The lowest BCUT2D eigenvalue weighted by Crippen LogP contribution is -2.68. The summed E-state index contributed by atoms with van der Waals surface area (Å²) < 4.78 is 0. The summed E-state index contributed by atoms with van der Waals surface area (Å²) in [5.41, 5.74) is 3.96. The molecule has 1 amide bonds. The van der Waals surface area contributed by atoms with Gasteiger partial charge in [-0.15, -0.1) is 0 Å². The zero-order valence-corrected chi connectivity index (χ0v) is 14.9. The Hall–Kier alpha value is -2.62. The molecule has 0 spiro atoms. The summed E-state index contributed by atoms with van der Waals surface area (Å²) in [4.78, 5) is 18.9. The fourth-order valence-electron chi connectivity index (χ4n) is 4.16. The van der Waals surface area contributed by atoms with Gasteiger partial charge in [0.2, 0.25) is 5.91 Å². The van der Waals surface area contributed by atoms with Crippen LogP contribution in [0.25, 0.3) is 6.08 Å². The number of pyridine rings is 1. The maximum atomic E-state index is 12.3. The number of hydrogen-bond donors (Lipinski definition) is 1. The van der Waals surface area contributed by atoms with Crippen molar-refractivity contribution in [2.75, 3.05) is 11.4 Å². The standard InChI is InChI=1S/C21H23N3O/c1-15-6-7-18-17(13-15)20(2,3)21(23-19(25)9-12-24(18)21)10-8-16-5-4-11-22-14-16/h4-8,10-11,13-14H,9,12H2,1-3H3,(H,23,25)/b10-8+/t21-/m0/s1. The van der Waals surface area contributed by atoms with Crippen LogP contribution in [0.2, 0.25) is 0 Å². The first-order chi connectivity index (χ1) is 11.9. The number of carbonyl (C=O) groups excluding carboxylic acids is 1. The highest BCUT2D eigenvalue weighted by Gasteiger charge is 2.57. The van der Waals surface area contributed by atoms with Gasteiger partial charge in [-0.1, -0.05) is 43.7 Å². The molecular weight excluding hydrogens is 310 g/mol. The quantitative estimate of drug-likeness (QED) is 0.916.